The monoisotopic (exact) mass is 250 g/mol. The second-order valence-corrected chi connectivity index (χ2v) is 4.60. The first kappa shape index (κ1) is 14.5. The van der Waals surface area contributed by atoms with E-state index in [-0.39, 0.29) is 12.1 Å². The summed E-state index contributed by atoms with van der Waals surface area (Å²) in [5.41, 5.74) is 1.49. The average Bonchev–Trinajstić information content (AvgIpc) is 2.37. The molecule has 1 aromatic carbocycles. The highest BCUT2D eigenvalue weighted by Gasteiger charge is 2.14. The Kier molecular flexibility index (Phi) is 5.16. The lowest BCUT2D eigenvalue weighted by molar-refractivity contribution is 0.199. The van der Waals surface area contributed by atoms with Crippen molar-refractivity contribution in [2.24, 2.45) is 0 Å². The van der Waals surface area contributed by atoms with E-state index in [1.807, 2.05) is 32.0 Å². The molecule has 0 radical (unpaired) electrons. The predicted molar refractivity (Wildman–Crippen MR) is 73.6 cm³/mol. The van der Waals surface area contributed by atoms with E-state index in [9.17, 15) is 9.90 Å². The number of benzene rings is 1. The number of carbonyl (C=O) groups is 1. The molecule has 1 aromatic rings. The topological polar surface area (TPSA) is 52.6 Å². The van der Waals surface area contributed by atoms with Crippen molar-refractivity contribution in [1.82, 2.24) is 4.90 Å². The Morgan fingerprint density at radius 2 is 2.11 bits per heavy atom. The van der Waals surface area contributed by atoms with Gasteiger partial charge in [-0.05, 0) is 38.0 Å². The van der Waals surface area contributed by atoms with Gasteiger partial charge in [0.05, 0.1) is 6.10 Å². The molecule has 0 bridgehead atoms. The van der Waals surface area contributed by atoms with Crippen LogP contribution in [0.2, 0.25) is 0 Å². The first-order valence-corrected chi connectivity index (χ1v) is 6.27. The molecule has 2 atom stereocenters. The van der Waals surface area contributed by atoms with Gasteiger partial charge < -0.3 is 15.3 Å². The molecule has 2 N–H and O–H groups in total. The maximum Gasteiger partial charge on any atom is 0.321 e. The molecule has 0 aliphatic rings. The smallest absolute Gasteiger partial charge is 0.321 e. The molecule has 0 heterocycles. The zero-order chi connectivity index (χ0) is 13.7. The number of hydrogen-bond donors (Lipinski definition) is 2. The maximum absolute atomic E-state index is 11.9. The Labute approximate surface area is 109 Å². The van der Waals surface area contributed by atoms with Crippen molar-refractivity contribution in [3.8, 4) is 0 Å². The molecule has 0 fully saturated rings. The number of nitrogens with zero attached hydrogens (tertiary/aromatic N) is 1. The van der Waals surface area contributed by atoms with E-state index in [0.29, 0.717) is 5.69 Å². The molecule has 0 aromatic heterocycles. The van der Waals surface area contributed by atoms with Crippen LogP contribution in [-0.2, 0) is 0 Å². The number of amides is 2. The minimum absolute atomic E-state index is 0.132. The fourth-order valence-corrected chi connectivity index (χ4v) is 1.56. The van der Waals surface area contributed by atoms with Crippen LogP contribution >= 0.6 is 0 Å². The number of hydrogen-bond acceptors (Lipinski definition) is 2. The van der Waals surface area contributed by atoms with Crippen LogP contribution in [0.15, 0.2) is 24.3 Å². The van der Waals surface area contributed by atoms with Crippen LogP contribution in [0.4, 0.5) is 10.5 Å². The third-order valence-corrected chi connectivity index (χ3v) is 3.19. The third-order valence-electron chi connectivity index (χ3n) is 3.19. The van der Waals surface area contributed by atoms with Crippen LogP contribution < -0.4 is 5.32 Å². The highest BCUT2D eigenvalue weighted by Crippen LogP contribution is 2.17. The zero-order valence-corrected chi connectivity index (χ0v) is 11.5. The van der Waals surface area contributed by atoms with E-state index in [0.717, 1.165) is 12.0 Å². The van der Waals surface area contributed by atoms with Gasteiger partial charge in [0.1, 0.15) is 0 Å². The molecule has 18 heavy (non-hydrogen) atoms. The van der Waals surface area contributed by atoms with Crippen LogP contribution in [0.25, 0.3) is 0 Å². The number of aliphatic hydroxyl groups is 1. The van der Waals surface area contributed by atoms with E-state index in [1.165, 1.54) is 0 Å². The fourth-order valence-electron chi connectivity index (χ4n) is 1.56. The number of anilines is 1. The lowest BCUT2D eigenvalue weighted by Crippen LogP contribution is -2.37. The highest BCUT2D eigenvalue weighted by molar-refractivity contribution is 5.89. The van der Waals surface area contributed by atoms with Gasteiger partial charge in [0, 0.05) is 18.8 Å². The Morgan fingerprint density at radius 3 is 2.67 bits per heavy atom. The fraction of sp³-hybridized carbons (Fsp3) is 0.500. The summed E-state index contributed by atoms with van der Waals surface area (Å²) < 4.78 is 0. The van der Waals surface area contributed by atoms with Gasteiger partial charge in [0.25, 0.3) is 0 Å². The first-order chi connectivity index (χ1) is 8.45. The van der Waals surface area contributed by atoms with Crippen LogP contribution in [0.1, 0.15) is 38.9 Å². The van der Waals surface area contributed by atoms with Crippen molar-refractivity contribution in [2.45, 2.75) is 39.3 Å². The molecule has 2 unspecified atom stereocenters. The summed E-state index contributed by atoms with van der Waals surface area (Å²) in [6.45, 7) is 5.75. The second kappa shape index (κ2) is 6.40. The molecule has 2 amide bonds. The number of rotatable bonds is 4. The van der Waals surface area contributed by atoms with Crippen molar-refractivity contribution < 1.29 is 9.90 Å². The lowest BCUT2D eigenvalue weighted by atomic mass is 10.1. The molecule has 4 heteroatoms. The second-order valence-electron chi connectivity index (χ2n) is 4.60. The van der Waals surface area contributed by atoms with Gasteiger partial charge in [-0.1, -0.05) is 19.1 Å². The van der Waals surface area contributed by atoms with Gasteiger partial charge >= 0.3 is 6.03 Å². The molecule has 0 saturated heterocycles. The zero-order valence-electron chi connectivity index (χ0n) is 11.5. The van der Waals surface area contributed by atoms with E-state index < -0.39 is 6.10 Å². The van der Waals surface area contributed by atoms with Crippen molar-refractivity contribution in [3.63, 3.8) is 0 Å². The molecular formula is C14H22N2O2. The Hall–Kier alpha value is -1.55. The van der Waals surface area contributed by atoms with Crippen molar-refractivity contribution in [3.05, 3.63) is 29.8 Å². The predicted octanol–water partition coefficient (Wildman–Crippen LogP) is 3.00. The van der Waals surface area contributed by atoms with Gasteiger partial charge in [-0.15, -0.1) is 0 Å². The molecule has 0 spiro atoms. The van der Waals surface area contributed by atoms with E-state index in [1.54, 1.807) is 24.9 Å². The Balaban J connectivity index is 2.73. The minimum Gasteiger partial charge on any atom is -0.389 e. The molecule has 4 nitrogen and oxygen atoms in total. The largest absolute Gasteiger partial charge is 0.389 e. The van der Waals surface area contributed by atoms with Crippen LogP contribution in [-0.4, -0.2) is 29.1 Å². The lowest BCUT2D eigenvalue weighted by Gasteiger charge is -2.24. The number of nitrogens with one attached hydrogen (secondary N) is 1. The average molecular weight is 250 g/mol. The summed E-state index contributed by atoms with van der Waals surface area (Å²) in [4.78, 5) is 13.6. The van der Waals surface area contributed by atoms with Gasteiger partial charge in [0.15, 0.2) is 0 Å². The number of aliphatic hydroxyl groups excluding tert-OH is 1. The van der Waals surface area contributed by atoms with Gasteiger partial charge in [-0.25, -0.2) is 4.79 Å². The Bertz CT molecular complexity index is 405. The van der Waals surface area contributed by atoms with Crippen LogP contribution in [0.3, 0.4) is 0 Å². The molecule has 0 aliphatic carbocycles. The normalized spacial score (nSPS) is 13.8. The van der Waals surface area contributed by atoms with Gasteiger partial charge in [-0.2, -0.15) is 0 Å². The number of carbonyl (C=O) groups excluding carboxylic acids is 1. The highest BCUT2D eigenvalue weighted by atomic mass is 16.3. The minimum atomic E-state index is -0.533. The summed E-state index contributed by atoms with van der Waals surface area (Å²) in [6, 6.07) is 7.32. The maximum atomic E-state index is 11.9. The van der Waals surface area contributed by atoms with E-state index in [2.05, 4.69) is 5.32 Å². The van der Waals surface area contributed by atoms with Crippen LogP contribution in [0, 0.1) is 0 Å². The summed E-state index contributed by atoms with van der Waals surface area (Å²) in [6.07, 6.45) is 0.381. The van der Waals surface area contributed by atoms with Crippen molar-refractivity contribution in [1.29, 1.82) is 0 Å². The molecule has 100 valence electrons. The van der Waals surface area contributed by atoms with E-state index in [4.69, 9.17) is 0 Å². The molecule has 0 aliphatic heterocycles. The van der Waals surface area contributed by atoms with Crippen LogP contribution in [0.5, 0.6) is 0 Å². The summed E-state index contributed by atoms with van der Waals surface area (Å²) in [5.74, 6) is 0. The molecular weight excluding hydrogens is 228 g/mol. The first-order valence-electron chi connectivity index (χ1n) is 6.27. The van der Waals surface area contributed by atoms with Crippen molar-refractivity contribution in [2.75, 3.05) is 12.4 Å². The molecule has 0 saturated carbocycles. The summed E-state index contributed by atoms with van der Waals surface area (Å²) >= 11 is 0. The van der Waals surface area contributed by atoms with Crippen molar-refractivity contribution >= 4 is 11.7 Å². The summed E-state index contributed by atoms with van der Waals surface area (Å²) in [5, 5.41) is 12.3. The quantitative estimate of drug-likeness (QED) is 0.863. The van der Waals surface area contributed by atoms with E-state index >= 15 is 0 Å². The number of urea groups is 1. The molecule has 1 rings (SSSR count). The standard InChI is InChI=1S/C14H22N2O2/c1-5-10(2)16(4)14(18)15-13-8-6-7-12(9-13)11(3)17/h6-11,17H,5H2,1-4H3,(H,15,18). The third kappa shape index (κ3) is 3.74. The summed E-state index contributed by atoms with van der Waals surface area (Å²) in [7, 11) is 1.78. The SMILES string of the molecule is CCC(C)N(C)C(=O)Nc1cccc(C(C)O)c1. The Morgan fingerprint density at radius 1 is 1.44 bits per heavy atom. The van der Waals surface area contributed by atoms with Gasteiger partial charge in [-0.3, -0.25) is 0 Å². The van der Waals surface area contributed by atoms with Gasteiger partial charge in [0.2, 0.25) is 0 Å².